The van der Waals surface area contributed by atoms with E-state index in [0.717, 1.165) is 5.56 Å². The number of hydrogen-bond donors (Lipinski definition) is 1. The van der Waals surface area contributed by atoms with E-state index in [4.69, 9.17) is 25.8 Å². The number of carbonyl (C=O) groups is 1. The molecule has 3 aromatic carbocycles. The van der Waals surface area contributed by atoms with E-state index < -0.39 is 17.9 Å². The number of amides is 1. The van der Waals surface area contributed by atoms with E-state index in [9.17, 15) is 9.90 Å². The molecule has 1 fully saturated rings. The first-order chi connectivity index (χ1) is 15.0. The molecule has 3 aromatic rings. The molecule has 1 aliphatic heterocycles. The molecule has 1 amide bonds. The minimum atomic E-state index is -1.75. The largest absolute Gasteiger partial charge is 0.497 e. The van der Waals surface area contributed by atoms with Gasteiger partial charge in [-0.3, -0.25) is 4.90 Å². The Morgan fingerprint density at radius 1 is 1.00 bits per heavy atom. The van der Waals surface area contributed by atoms with E-state index in [0.29, 0.717) is 27.6 Å². The Balaban J connectivity index is 1.79. The minimum Gasteiger partial charge on any atom is -0.497 e. The lowest BCUT2D eigenvalue weighted by molar-refractivity contribution is -0.113. The highest BCUT2D eigenvalue weighted by Crippen LogP contribution is 2.47. The van der Waals surface area contributed by atoms with Gasteiger partial charge in [-0.05, 0) is 47.5 Å². The van der Waals surface area contributed by atoms with Crippen molar-refractivity contribution in [1.82, 2.24) is 4.90 Å². The quantitative estimate of drug-likeness (QED) is 0.592. The van der Waals surface area contributed by atoms with Crippen LogP contribution < -0.4 is 9.47 Å². The summed E-state index contributed by atoms with van der Waals surface area (Å²) < 4.78 is 16.2. The van der Waals surface area contributed by atoms with Gasteiger partial charge in [-0.1, -0.05) is 48.0 Å². The lowest BCUT2D eigenvalue weighted by Gasteiger charge is -2.35. The number of aliphatic hydroxyl groups is 1. The summed E-state index contributed by atoms with van der Waals surface area (Å²) in [6.45, 7) is 0.120. The molecular weight excluding hydrogens is 418 g/mol. The molecule has 1 saturated heterocycles. The van der Waals surface area contributed by atoms with Gasteiger partial charge in [0.05, 0.1) is 20.8 Å². The fraction of sp³-hybridized carbons (Fsp3) is 0.208. The number of cyclic esters (lactones) is 1. The van der Waals surface area contributed by atoms with E-state index in [2.05, 4.69) is 0 Å². The summed E-state index contributed by atoms with van der Waals surface area (Å²) >= 11 is 6.12. The molecular formula is C24H22ClNO5. The highest BCUT2D eigenvalue weighted by molar-refractivity contribution is 6.30. The topological polar surface area (TPSA) is 68.2 Å². The monoisotopic (exact) mass is 439 g/mol. The third-order valence-electron chi connectivity index (χ3n) is 5.38. The summed E-state index contributed by atoms with van der Waals surface area (Å²) in [4.78, 5) is 14.3. The Bertz CT molecular complexity index is 1070. The fourth-order valence-electron chi connectivity index (χ4n) is 3.75. The maximum absolute atomic E-state index is 12.9. The zero-order valence-electron chi connectivity index (χ0n) is 17.1. The lowest BCUT2D eigenvalue weighted by Crippen LogP contribution is -2.45. The van der Waals surface area contributed by atoms with E-state index >= 15 is 0 Å². The van der Waals surface area contributed by atoms with Crippen LogP contribution in [0.5, 0.6) is 11.5 Å². The van der Waals surface area contributed by atoms with Crippen LogP contribution in [0.1, 0.15) is 22.8 Å². The van der Waals surface area contributed by atoms with Gasteiger partial charge in [0, 0.05) is 10.6 Å². The smallest absolute Gasteiger partial charge is 0.413 e. The third kappa shape index (κ3) is 3.92. The normalized spacial score (nSPS) is 20.5. The van der Waals surface area contributed by atoms with Gasteiger partial charge >= 0.3 is 6.09 Å². The Hall–Kier alpha value is -3.22. The van der Waals surface area contributed by atoms with E-state index in [1.807, 2.05) is 6.07 Å². The fourth-order valence-corrected chi connectivity index (χ4v) is 3.97. The summed E-state index contributed by atoms with van der Waals surface area (Å²) in [5.41, 5.74) is 0.162. The Morgan fingerprint density at radius 3 is 2.19 bits per heavy atom. The zero-order valence-corrected chi connectivity index (χ0v) is 17.9. The van der Waals surface area contributed by atoms with Gasteiger partial charge in [-0.25, -0.2) is 4.79 Å². The summed E-state index contributed by atoms with van der Waals surface area (Å²) in [5.74, 6) is 1.30. The van der Waals surface area contributed by atoms with Crippen molar-refractivity contribution in [2.24, 2.45) is 0 Å². The Morgan fingerprint density at radius 2 is 1.61 bits per heavy atom. The molecule has 1 heterocycles. The van der Waals surface area contributed by atoms with Crippen molar-refractivity contribution < 1.29 is 24.1 Å². The molecule has 0 spiro atoms. The van der Waals surface area contributed by atoms with Crippen molar-refractivity contribution in [3.05, 3.63) is 94.5 Å². The van der Waals surface area contributed by atoms with Crippen molar-refractivity contribution in [1.29, 1.82) is 0 Å². The Labute approximate surface area is 185 Å². The predicted molar refractivity (Wildman–Crippen MR) is 116 cm³/mol. The van der Waals surface area contributed by atoms with Crippen molar-refractivity contribution in [3.63, 3.8) is 0 Å². The van der Waals surface area contributed by atoms with Crippen molar-refractivity contribution in [3.8, 4) is 11.5 Å². The molecule has 6 nitrogen and oxygen atoms in total. The van der Waals surface area contributed by atoms with Crippen LogP contribution in [0.25, 0.3) is 0 Å². The third-order valence-corrected chi connectivity index (χ3v) is 5.61. The van der Waals surface area contributed by atoms with Crippen LogP contribution in [-0.2, 0) is 17.0 Å². The first kappa shape index (κ1) is 21.0. The van der Waals surface area contributed by atoms with Crippen LogP contribution in [0, 0.1) is 0 Å². The maximum Gasteiger partial charge on any atom is 0.413 e. The van der Waals surface area contributed by atoms with Crippen molar-refractivity contribution in [2.45, 2.75) is 18.4 Å². The van der Waals surface area contributed by atoms with Gasteiger partial charge in [0.2, 0.25) is 5.72 Å². The summed E-state index contributed by atoms with van der Waals surface area (Å²) in [5, 5.41) is 12.5. The van der Waals surface area contributed by atoms with Crippen LogP contribution in [-0.4, -0.2) is 30.3 Å². The van der Waals surface area contributed by atoms with Gasteiger partial charge in [-0.15, -0.1) is 0 Å². The molecule has 2 unspecified atom stereocenters. The second kappa shape index (κ2) is 8.49. The molecule has 31 heavy (non-hydrogen) atoms. The van der Waals surface area contributed by atoms with Crippen molar-refractivity contribution >= 4 is 17.7 Å². The van der Waals surface area contributed by atoms with Gasteiger partial charge in [-0.2, -0.15) is 0 Å². The number of methoxy groups -OCH3 is 2. The van der Waals surface area contributed by atoms with Crippen molar-refractivity contribution in [2.75, 3.05) is 14.2 Å². The standard InChI is InChI=1S/C24H22ClNO5/c1-29-20-10-6-17(7-11-20)22-24(28,18-8-12-21(30-2)13-9-18)26(23(27)31-22)15-16-4-3-5-19(25)14-16/h3-14,22,28H,15H2,1-2H3. The number of hydrogen-bond acceptors (Lipinski definition) is 5. The SMILES string of the molecule is COc1ccc(C2OC(=O)N(Cc3cccc(Cl)c3)C2(O)c2ccc(OC)cc2)cc1. The zero-order chi connectivity index (χ0) is 22.0. The first-order valence-corrected chi connectivity index (χ1v) is 10.1. The molecule has 1 N–H and O–H groups in total. The average Bonchev–Trinajstić information content (AvgIpc) is 3.05. The summed E-state index contributed by atoms with van der Waals surface area (Å²) in [6.07, 6.45) is -1.57. The first-order valence-electron chi connectivity index (χ1n) is 9.69. The Kier molecular flexibility index (Phi) is 5.76. The van der Waals surface area contributed by atoms with Gasteiger partial charge in [0.1, 0.15) is 11.5 Å². The lowest BCUT2D eigenvalue weighted by atomic mass is 9.91. The molecule has 4 rings (SSSR count). The molecule has 7 heteroatoms. The molecule has 0 saturated carbocycles. The number of nitrogens with zero attached hydrogens (tertiary/aromatic N) is 1. The summed E-state index contributed by atoms with van der Waals surface area (Å²) in [7, 11) is 3.14. The van der Waals surface area contributed by atoms with E-state index in [1.165, 1.54) is 4.90 Å². The molecule has 0 bridgehead atoms. The highest BCUT2D eigenvalue weighted by atomic mass is 35.5. The van der Waals surface area contributed by atoms with Gasteiger partial charge in [0.25, 0.3) is 0 Å². The van der Waals surface area contributed by atoms with Crippen LogP contribution in [0.2, 0.25) is 5.02 Å². The van der Waals surface area contributed by atoms with Crippen LogP contribution >= 0.6 is 11.6 Å². The average molecular weight is 440 g/mol. The second-order valence-electron chi connectivity index (χ2n) is 7.21. The van der Waals surface area contributed by atoms with Gasteiger partial charge in [0.15, 0.2) is 6.10 Å². The molecule has 160 valence electrons. The number of benzene rings is 3. The second-order valence-corrected chi connectivity index (χ2v) is 7.64. The van der Waals surface area contributed by atoms with Crippen LogP contribution in [0.3, 0.4) is 0 Å². The summed E-state index contributed by atoms with van der Waals surface area (Å²) in [6, 6.07) is 21.1. The van der Waals surface area contributed by atoms with Gasteiger partial charge < -0.3 is 19.3 Å². The number of ether oxygens (including phenoxy) is 3. The highest BCUT2D eigenvalue weighted by Gasteiger charge is 2.56. The molecule has 0 aromatic heterocycles. The molecule has 0 aliphatic carbocycles. The molecule has 0 radical (unpaired) electrons. The maximum atomic E-state index is 12.9. The number of rotatable bonds is 6. The van der Waals surface area contributed by atoms with E-state index in [-0.39, 0.29) is 6.54 Å². The van der Waals surface area contributed by atoms with Crippen LogP contribution in [0.4, 0.5) is 4.79 Å². The number of halogens is 1. The molecule has 1 aliphatic rings. The number of carbonyl (C=O) groups excluding carboxylic acids is 1. The molecule has 2 atom stereocenters. The van der Waals surface area contributed by atoms with E-state index in [1.54, 1.807) is 80.9 Å². The van der Waals surface area contributed by atoms with Crippen LogP contribution in [0.15, 0.2) is 72.8 Å². The predicted octanol–water partition coefficient (Wildman–Crippen LogP) is 4.90. The minimum absolute atomic E-state index is 0.120.